The third-order valence-electron chi connectivity index (χ3n) is 7.30. The van der Waals surface area contributed by atoms with Gasteiger partial charge in [-0.05, 0) is 52.0 Å². The van der Waals surface area contributed by atoms with Crippen molar-refractivity contribution in [3.8, 4) is 0 Å². The Kier molecular flexibility index (Phi) is 9.69. The van der Waals surface area contributed by atoms with Gasteiger partial charge in [0.1, 0.15) is 23.9 Å². The van der Waals surface area contributed by atoms with E-state index in [4.69, 9.17) is 18.9 Å². The van der Waals surface area contributed by atoms with E-state index in [1.807, 2.05) is 26.0 Å². The summed E-state index contributed by atoms with van der Waals surface area (Å²) in [5.41, 5.74) is 0.664. The van der Waals surface area contributed by atoms with E-state index in [2.05, 4.69) is 25.2 Å². The van der Waals surface area contributed by atoms with Crippen LogP contribution in [-0.4, -0.2) is 72.4 Å². The lowest BCUT2D eigenvalue weighted by molar-refractivity contribution is -0.133. The van der Waals surface area contributed by atoms with Crippen LogP contribution in [0.25, 0.3) is 0 Å². The topological polar surface area (TPSA) is 107 Å². The van der Waals surface area contributed by atoms with Gasteiger partial charge >= 0.3 is 0 Å². The largest absolute Gasteiger partial charge is 0.461 e. The van der Waals surface area contributed by atoms with E-state index in [9.17, 15) is 14.7 Å². The second-order valence-electron chi connectivity index (χ2n) is 10.2. The summed E-state index contributed by atoms with van der Waals surface area (Å²) in [7, 11) is 0. The smallest absolute Gasteiger partial charge is 0.293 e. The molecule has 0 aliphatic carbocycles. The lowest BCUT2D eigenvalue weighted by Gasteiger charge is -2.39. The van der Waals surface area contributed by atoms with Crippen molar-refractivity contribution in [3.05, 3.63) is 36.0 Å². The van der Waals surface area contributed by atoms with Gasteiger partial charge in [0, 0.05) is 12.5 Å². The molecule has 9 atom stereocenters. The van der Waals surface area contributed by atoms with Gasteiger partial charge in [0.2, 0.25) is 5.91 Å². The summed E-state index contributed by atoms with van der Waals surface area (Å²) in [6, 6.07) is -0.0842. The molecule has 1 spiro atoms. The van der Waals surface area contributed by atoms with Crippen LogP contribution in [0.1, 0.15) is 60.3 Å². The van der Waals surface area contributed by atoms with E-state index in [1.54, 1.807) is 13.0 Å². The van der Waals surface area contributed by atoms with Crippen molar-refractivity contribution in [2.24, 2.45) is 5.92 Å². The molecule has 3 heterocycles. The molecule has 3 aliphatic heterocycles. The predicted molar refractivity (Wildman–Crippen MR) is 132 cm³/mol. The number of amides is 1. The third kappa shape index (κ3) is 7.49. The summed E-state index contributed by atoms with van der Waals surface area (Å²) >= 11 is 0. The van der Waals surface area contributed by atoms with Gasteiger partial charge in [-0.15, -0.1) is 0 Å². The van der Waals surface area contributed by atoms with Gasteiger partial charge in [0.05, 0.1) is 31.0 Å². The van der Waals surface area contributed by atoms with Crippen molar-refractivity contribution in [2.75, 3.05) is 6.61 Å². The van der Waals surface area contributed by atoms with Crippen LogP contribution < -0.4 is 5.32 Å². The van der Waals surface area contributed by atoms with Crippen LogP contribution in [0.15, 0.2) is 36.0 Å². The maximum Gasteiger partial charge on any atom is 0.293 e. The van der Waals surface area contributed by atoms with Crippen LogP contribution in [0.2, 0.25) is 0 Å². The quantitative estimate of drug-likeness (QED) is 0.209. The Hall–Kier alpha value is -2.00. The number of hydrogen-bond acceptors (Lipinski definition) is 7. The van der Waals surface area contributed by atoms with E-state index in [-0.39, 0.29) is 42.3 Å². The zero-order chi connectivity index (χ0) is 25.6. The van der Waals surface area contributed by atoms with Crippen LogP contribution in [-0.2, 0) is 28.5 Å². The van der Waals surface area contributed by atoms with Crippen LogP contribution in [0.4, 0.5) is 0 Å². The molecule has 0 radical (unpaired) electrons. The van der Waals surface area contributed by atoms with Gasteiger partial charge in [0.15, 0.2) is 0 Å². The number of nitrogens with one attached hydrogen (secondary N) is 1. The fraction of sp³-hybridized carbons (Fsp3) is 0.704. The van der Waals surface area contributed by atoms with E-state index in [0.717, 1.165) is 31.3 Å². The highest BCUT2D eigenvalue weighted by atomic mass is 16.6. The Morgan fingerprint density at radius 1 is 1.29 bits per heavy atom. The molecular formula is C27H41NO7. The Labute approximate surface area is 208 Å². The molecule has 196 valence electrons. The summed E-state index contributed by atoms with van der Waals surface area (Å²) in [6.45, 7) is 10.9. The Bertz CT molecular complexity index is 818. The second kappa shape index (κ2) is 12.3. The first-order chi connectivity index (χ1) is 16.7. The Morgan fingerprint density at radius 2 is 2.03 bits per heavy atom. The van der Waals surface area contributed by atoms with Gasteiger partial charge in [-0.1, -0.05) is 37.6 Å². The minimum atomic E-state index is -0.639. The third-order valence-corrected chi connectivity index (χ3v) is 7.30. The molecule has 0 saturated carbocycles. The Balaban J connectivity index is 1.48. The van der Waals surface area contributed by atoms with Crippen molar-refractivity contribution in [2.45, 2.75) is 109 Å². The molecule has 0 aromatic carbocycles. The average molecular weight is 492 g/mol. The van der Waals surface area contributed by atoms with Crippen LogP contribution in [0.5, 0.6) is 0 Å². The van der Waals surface area contributed by atoms with E-state index in [0.29, 0.717) is 13.1 Å². The summed E-state index contributed by atoms with van der Waals surface area (Å²) in [5.74, 6) is 0.0423. The molecular weight excluding hydrogens is 450 g/mol. The molecule has 0 aromatic heterocycles. The molecule has 0 aromatic rings. The minimum absolute atomic E-state index is 0.0576. The molecule has 1 amide bonds. The molecule has 3 saturated heterocycles. The van der Waals surface area contributed by atoms with Gasteiger partial charge in [-0.3, -0.25) is 9.59 Å². The van der Waals surface area contributed by atoms with E-state index in [1.165, 1.54) is 6.08 Å². The zero-order valence-corrected chi connectivity index (χ0v) is 21.5. The van der Waals surface area contributed by atoms with E-state index >= 15 is 0 Å². The van der Waals surface area contributed by atoms with Crippen molar-refractivity contribution in [1.29, 1.82) is 0 Å². The SMILES string of the molecule is CC[C@@H]1CC2(CO2)[C@H](O)C(/C=C/C(C)=C/CC2OC(C)C(NC(=O)/C=C\[C@H](C)OC=O)CC2C)O1. The maximum atomic E-state index is 12.2. The zero-order valence-electron chi connectivity index (χ0n) is 21.5. The number of ether oxygens (including phenoxy) is 4. The Morgan fingerprint density at radius 3 is 2.69 bits per heavy atom. The van der Waals surface area contributed by atoms with Gasteiger partial charge in [0.25, 0.3) is 6.47 Å². The van der Waals surface area contributed by atoms with Crippen LogP contribution >= 0.6 is 0 Å². The van der Waals surface area contributed by atoms with Crippen molar-refractivity contribution >= 4 is 12.4 Å². The van der Waals surface area contributed by atoms with Gasteiger partial charge in [-0.2, -0.15) is 0 Å². The number of aliphatic hydroxyl groups excluding tert-OH is 1. The molecule has 3 fully saturated rings. The number of allylic oxidation sites excluding steroid dienone is 2. The van der Waals surface area contributed by atoms with Crippen LogP contribution in [0.3, 0.4) is 0 Å². The van der Waals surface area contributed by atoms with Crippen LogP contribution in [0, 0.1) is 5.92 Å². The second-order valence-corrected chi connectivity index (χ2v) is 10.2. The molecule has 3 rings (SSSR count). The average Bonchev–Trinajstić information content (AvgIpc) is 3.60. The predicted octanol–water partition coefficient (Wildman–Crippen LogP) is 2.99. The molecule has 3 aliphatic rings. The lowest BCUT2D eigenvalue weighted by Crippen LogP contribution is -2.50. The number of aliphatic hydroxyl groups is 1. The summed E-state index contributed by atoms with van der Waals surface area (Å²) in [6.07, 6.45) is 10.9. The molecule has 2 N–H and O–H groups in total. The minimum Gasteiger partial charge on any atom is -0.461 e. The number of carbonyl (C=O) groups is 2. The highest BCUT2D eigenvalue weighted by Gasteiger charge is 2.57. The number of epoxide rings is 1. The molecule has 0 bridgehead atoms. The first kappa shape index (κ1) is 27.6. The van der Waals surface area contributed by atoms with Crippen molar-refractivity contribution < 1.29 is 33.6 Å². The van der Waals surface area contributed by atoms with Gasteiger partial charge in [-0.25, -0.2) is 0 Å². The fourth-order valence-corrected chi connectivity index (χ4v) is 4.84. The normalized spacial score (nSPS) is 38.6. The molecule has 35 heavy (non-hydrogen) atoms. The number of carbonyl (C=O) groups excluding carboxylic acids is 2. The molecule has 8 nitrogen and oxygen atoms in total. The van der Waals surface area contributed by atoms with Crippen molar-refractivity contribution in [1.82, 2.24) is 5.32 Å². The number of rotatable bonds is 10. The monoisotopic (exact) mass is 491 g/mol. The summed E-state index contributed by atoms with van der Waals surface area (Å²) in [5, 5.41) is 13.7. The summed E-state index contributed by atoms with van der Waals surface area (Å²) < 4.78 is 22.6. The highest BCUT2D eigenvalue weighted by molar-refractivity contribution is 5.87. The van der Waals surface area contributed by atoms with Gasteiger partial charge < -0.3 is 29.4 Å². The van der Waals surface area contributed by atoms with Crippen molar-refractivity contribution in [3.63, 3.8) is 0 Å². The maximum absolute atomic E-state index is 12.2. The first-order valence-corrected chi connectivity index (χ1v) is 12.7. The lowest BCUT2D eigenvalue weighted by atomic mass is 9.87. The van der Waals surface area contributed by atoms with E-state index < -0.39 is 17.8 Å². The summed E-state index contributed by atoms with van der Waals surface area (Å²) in [4.78, 5) is 22.6. The number of hydrogen-bond donors (Lipinski definition) is 2. The highest BCUT2D eigenvalue weighted by Crippen LogP contribution is 2.43. The standard InChI is InChI=1S/C27H41NO7/c1-6-21-14-27(15-33-27)26(31)24(35-21)11-8-17(2)7-10-23-18(3)13-22(20(5)34-23)28-25(30)12-9-19(4)32-16-29/h7-9,11-12,16,18-24,26,31H,6,10,13-15H2,1-5H3,(H,28,30)/b11-8+,12-9-,17-7+/t18?,19-,20?,21+,22?,23?,24?,26+,27?/m0/s1. The molecule has 6 unspecified atom stereocenters. The fourth-order valence-electron chi connectivity index (χ4n) is 4.84. The molecule has 8 heteroatoms. The first-order valence-electron chi connectivity index (χ1n) is 12.7.